The van der Waals surface area contributed by atoms with Gasteiger partial charge in [-0.25, -0.2) is 4.39 Å². The van der Waals surface area contributed by atoms with Crippen molar-refractivity contribution in [1.82, 2.24) is 14.8 Å². The van der Waals surface area contributed by atoms with Crippen molar-refractivity contribution in [2.75, 3.05) is 44.9 Å². The van der Waals surface area contributed by atoms with Crippen LogP contribution in [0.3, 0.4) is 0 Å². The monoisotopic (exact) mass is 466 g/mol. The molecule has 3 heterocycles. The molecule has 34 heavy (non-hydrogen) atoms. The van der Waals surface area contributed by atoms with Gasteiger partial charge in [0.25, 0.3) is 11.5 Å². The van der Waals surface area contributed by atoms with Crippen LogP contribution in [0.2, 0.25) is 0 Å². The molecular weight excluding hydrogens is 439 g/mol. The summed E-state index contributed by atoms with van der Waals surface area (Å²) in [6.07, 6.45) is 0. The normalized spacial score (nSPS) is 15.7. The highest BCUT2D eigenvalue weighted by Crippen LogP contribution is 2.32. The molecule has 2 aliphatic rings. The third-order valence-corrected chi connectivity index (χ3v) is 6.46. The van der Waals surface area contributed by atoms with Gasteiger partial charge < -0.3 is 29.2 Å². The molecule has 0 bridgehead atoms. The average Bonchev–Trinajstić information content (AvgIpc) is 3.31. The lowest BCUT2D eigenvalue weighted by Crippen LogP contribution is -2.44. The zero-order valence-electron chi connectivity index (χ0n) is 19.3. The van der Waals surface area contributed by atoms with E-state index in [9.17, 15) is 9.59 Å². The molecule has 1 aromatic heterocycles. The van der Waals surface area contributed by atoms with Gasteiger partial charge in [0.15, 0.2) is 11.5 Å². The Morgan fingerprint density at radius 1 is 1.06 bits per heavy atom. The predicted octanol–water partition coefficient (Wildman–Crippen LogP) is 2.57. The number of hydrogen-bond acceptors (Lipinski definition) is 6. The number of nitrogens with zero attached hydrogens (tertiary/aromatic N) is 3. The molecule has 1 fully saturated rings. The summed E-state index contributed by atoms with van der Waals surface area (Å²) in [4.78, 5) is 30.3. The molecule has 0 saturated carbocycles. The van der Waals surface area contributed by atoms with Gasteiger partial charge in [-0.1, -0.05) is 6.07 Å². The van der Waals surface area contributed by atoms with E-state index in [1.165, 1.54) is 16.7 Å². The van der Waals surface area contributed by atoms with Gasteiger partial charge in [-0.15, -0.1) is 0 Å². The summed E-state index contributed by atoms with van der Waals surface area (Å²) < 4.78 is 27.3. The van der Waals surface area contributed by atoms with Crippen LogP contribution in [0.15, 0.2) is 41.2 Å². The standard InChI is InChI=1S/C25H27FN4O4/c1-3-30-20-13-21(29-8-6-28(2)7-9-29)19(26)12-17(20)11-18(25(30)32)24(31)27-14-16-4-5-22-23(10-16)34-15-33-22/h4-5,10-13H,3,6-9,14-15H2,1-2H3,(H,27,31). The zero-order valence-corrected chi connectivity index (χ0v) is 19.3. The summed E-state index contributed by atoms with van der Waals surface area (Å²) >= 11 is 0. The highest BCUT2D eigenvalue weighted by Gasteiger charge is 2.21. The minimum absolute atomic E-state index is 0.0122. The lowest BCUT2D eigenvalue weighted by atomic mass is 10.1. The van der Waals surface area contributed by atoms with Crippen LogP contribution in [0.5, 0.6) is 11.5 Å². The molecule has 3 aromatic rings. The van der Waals surface area contributed by atoms with E-state index >= 15 is 4.39 Å². The number of carbonyl (C=O) groups excluding carboxylic acids is 1. The Hall–Kier alpha value is -3.59. The SMILES string of the molecule is CCn1c(=O)c(C(=O)NCc2ccc3c(c2)OCO3)cc2cc(F)c(N3CCN(C)CC3)cc21. The van der Waals surface area contributed by atoms with Crippen LogP contribution >= 0.6 is 0 Å². The molecule has 0 unspecified atom stereocenters. The number of nitrogens with one attached hydrogen (secondary N) is 1. The molecule has 1 N–H and O–H groups in total. The molecule has 0 spiro atoms. The van der Waals surface area contributed by atoms with Crippen molar-refractivity contribution in [1.29, 1.82) is 0 Å². The lowest BCUT2D eigenvalue weighted by molar-refractivity contribution is 0.0949. The lowest BCUT2D eigenvalue weighted by Gasteiger charge is -2.34. The van der Waals surface area contributed by atoms with Crippen molar-refractivity contribution in [2.45, 2.75) is 20.0 Å². The molecule has 1 saturated heterocycles. The zero-order chi connectivity index (χ0) is 23.8. The molecule has 0 radical (unpaired) electrons. The van der Waals surface area contributed by atoms with E-state index in [2.05, 4.69) is 10.2 Å². The summed E-state index contributed by atoms with van der Waals surface area (Å²) in [6, 6.07) is 10.0. The first kappa shape index (κ1) is 22.2. The number of benzene rings is 2. The number of likely N-dealkylation sites (N-methyl/N-ethyl adjacent to an activating group) is 1. The number of ether oxygens (including phenoxy) is 2. The number of anilines is 1. The van der Waals surface area contributed by atoms with Gasteiger partial charge in [-0.05, 0) is 49.9 Å². The number of fused-ring (bicyclic) bond motifs is 2. The number of rotatable bonds is 5. The van der Waals surface area contributed by atoms with Crippen molar-refractivity contribution in [3.8, 4) is 11.5 Å². The summed E-state index contributed by atoms with van der Waals surface area (Å²) in [6.45, 7) is 5.73. The van der Waals surface area contributed by atoms with E-state index in [-0.39, 0.29) is 24.7 Å². The Morgan fingerprint density at radius 3 is 2.59 bits per heavy atom. The third kappa shape index (κ3) is 4.07. The summed E-state index contributed by atoms with van der Waals surface area (Å²) in [7, 11) is 2.04. The van der Waals surface area contributed by atoms with Gasteiger partial charge in [0.1, 0.15) is 11.4 Å². The maximum Gasteiger partial charge on any atom is 0.263 e. The second kappa shape index (κ2) is 8.98. The maximum atomic E-state index is 15.1. The van der Waals surface area contributed by atoms with Crippen molar-refractivity contribution in [2.24, 2.45) is 0 Å². The van der Waals surface area contributed by atoms with Gasteiger partial charge in [0, 0.05) is 44.7 Å². The molecule has 5 rings (SSSR count). The van der Waals surface area contributed by atoms with Gasteiger partial charge in [-0.3, -0.25) is 9.59 Å². The number of carbonyl (C=O) groups is 1. The Labute approximate surface area is 196 Å². The number of halogens is 1. The fraction of sp³-hybridized carbons (Fsp3) is 0.360. The fourth-order valence-electron chi connectivity index (χ4n) is 4.48. The summed E-state index contributed by atoms with van der Waals surface area (Å²) in [5.74, 6) is 0.422. The molecule has 9 heteroatoms. The Bertz CT molecular complexity index is 1310. The van der Waals surface area contributed by atoms with Crippen LogP contribution in [-0.2, 0) is 13.1 Å². The van der Waals surface area contributed by atoms with Crippen molar-refractivity contribution >= 4 is 22.5 Å². The van der Waals surface area contributed by atoms with Crippen molar-refractivity contribution in [3.05, 3.63) is 63.7 Å². The maximum absolute atomic E-state index is 15.1. The molecule has 0 aliphatic carbocycles. The Balaban J connectivity index is 1.43. The molecule has 2 aliphatic heterocycles. The van der Waals surface area contributed by atoms with Crippen molar-refractivity contribution in [3.63, 3.8) is 0 Å². The highest BCUT2D eigenvalue weighted by atomic mass is 19.1. The van der Waals surface area contributed by atoms with Crippen LogP contribution in [-0.4, -0.2) is 55.4 Å². The molecule has 0 atom stereocenters. The number of piperazine rings is 1. The molecule has 1 amide bonds. The number of pyridine rings is 1. The quantitative estimate of drug-likeness (QED) is 0.623. The van der Waals surface area contributed by atoms with Crippen LogP contribution in [0.25, 0.3) is 10.9 Å². The first-order chi connectivity index (χ1) is 16.4. The van der Waals surface area contributed by atoms with Crippen molar-refractivity contribution < 1.29 is 18.7 Å². The van der Waals surface area contributed by atoms with E-state index < -0.39 is 11.5 Å². The smallest absolute Gasteiger partial charge is 0.263 e. The minimum Gasteiger partial charge on any atom is -0.454 e. The minimum atomic E-state index is -0.504. The second-order valence-corrected chi connectivity index (χ2v) is 8.63. The molecular formula is C25H27FN4O4. The summed E-state index contributed by atoms with van der Waals surface area (Å²) in [5.41, 5.74) is 1.52. The van der Waals surface area contributed by atoms with E-state index in [0.717, 1.165) is 31.7 Å². The van der Waals surface area contributed by atoms with E-state index in [4.69, 9.17) is 9.47 Å². The van der Waals surface area contributed by atoms with Crippen LogP contribution in [0.1, 0.15) is 22.8 Å². The topological polar surface area (TPSA) is 76.0 Å². The first-order valence-electron chi connectivity index (χ1n) is 11.4. The van der Waals surface area contributed by atoms with Gasteiger partial charge in [-0.2, -0.15) is 0 Å². The van der Waals surface area contributed by atoms with E-state index in [1.54, 1.807) is 18.2 Å². The van der Waals surface area contributed by atoms with Gasteiger partial charge >= 0.3 is 0 Å². The molecule has 8 nitrogen and oxygen atoms in total. The Morgan fingerprint density at radius 2 is 1.82 bits per heavy atom. The average molecular weight is 467 g/mol. The second-order valence-electron chi connectivity index (χ2n) is 8.63. The number of amides is 1. The first-order valence-corrected chi connectivity index (χ1v) is 11.4. The number of aromatic nitrogens is 1. The highest BCUT2D eigenvalue weighted by molar-refractivity contribution is 5.98. The third-order valence-electron chi connectivity index (χ3n) is 6.46. The van der Waals surface area contributed by atoms with Gasteiger partial charge in [0.2, 0.25) is 6.79 Å². The van der Waals surface area contributed by atoms with E-state index in [0.29, 0.717) is 34.6 Å². The molecule has 2 aromatic carbocycles. The van der Waals surface area contributed by atoms with E-state index in [1.807, 2.05) is 24.9 Å². The molecule has 178 valence electrons. The largest absolute Gasteiger partial charge is 0.454 e. The number of aryl methyl sites for hydroxylation is 1. The van der Waals surface area contributed by atoms with Crippen LogP contribution in [0, 0.1) is 5.82 Å². The van der Waals surface area contributed by atoms with Crippen LogP contribution in [0.4, 0.5) is 10.1 Å². The van der Waals surface area contributed by atoms with Gasteiger partial charge in [0.05, 0.1) is 11.2 Å². The fourth-order valence-corrected chi connectivity index (χ4v) is 4.48. The summed E-state index contributed by atoms with van der Waals surface area (Å²) in [5, 5.41) is 3.31. The Kier molecular flexibility index (Phi) is 5.87. The van der Waals surface area contributed by atoms with Crippen LogP contribution < -0.4 is 25.2 Å². The predicted molar refractivity (Wildman–Crippen MR) is 127 cm³/mol. The number of hydrogen-bond donors (Lipinski definition) is 1.